The van der Waals surface area contributed by atoms with Gasteiger partial charge in [-0.15, -0.1) is 6.58 Å². The summed E-state index contributed by atoms with van der Waals surface area (Å²) in [4.78, 5) is 44.8. The highest BCUT2D eigenvalue weighted by molar-refractivity contribution is 6.06. The summed E-state index contributed by atoms with van der Waals surface area (Å²) in [6.07, 6.45) is 4.87. The van der Waals surface area contributed by atoms with Gasteiger partial charge in [-0.05, 0) is 44.4 Å². The Labute approximate surface area is 239 Å². The summed E-state index contributed by atoms with van der Waals surface area (Å²) in [6.45, 7) is 12.0. The number of amides is 2. The molecule has 216 valence electrons. The van der Waals surface area contributed by atoms with E-state index in [4.69, 9.17) is 0 Å². The highest BCUT2D eigenvalue weighted by Gasteiger charge is 2.30. The van der Waals surface area contributed by atoms with E-state index in [0.29, 0.717) is 48.7 Å². The second kappa shape index (κ2) is 14.2. The van der Waals surface area contributed by atoms with Crippen molar-refractivity contribution >= 4 is 30.2 Å². The van der Waals surface area contributed by atoms with Crippen LogP contribution in [0.15, 0.2) is 54.3 Å². The van der Waals surface area contributed by atoms with Crippen LogP contribution in [0.1, 0.15) is 50.1 Å². The minimum atomic E-state index is -0.798. The fraction of sp³-hybridized carbons (Fsp3) is 0.333. The molecule has 1 aromatic carbocycles. The molecule has 3 aromatic rings. The second-order valence-electron chi connectivity index (χ2n) is 9.69. The average Bonchev–Trinajstić information content (AvgIpc) is 2.96. The Bertz CT molecular complexity index is 1430. The van der Waals surface area contributed by atoms with Crippen molar-refractivity contribution < 1.29 is 18.4 Å². The van der Waals surface area contributed by atoms with Gasteiger partial charge in [-0.2, -0.15) is 0 Å². The van der Waals surface area contributed by atoms with Gasteiger partial charge in [0, 0.05) is 31.7 Å². The lowest BCUT2D eigenvalue weighted by Crippen LogP contribution is -2.45. The van der Waals surface area contributed by atoms with E-state index in [1.54, 1.807) is 26.1 Å². The lowest BCUT2D eigenvalue weighted by molar-refractivity contribution is -0.109. The number of carbonyl (C=O) groups excluding carboxylic acids is 2. The molecule has 9 nitrogen and oxygen atoms in total. The van der Waals surface area contributed by atoms with E-state index in [2.05, 4.69) is 31.8 Å². The van der Waals surface area contributed by atoms with Gasteiger partial charge in [0.1, 0.15) is 29.5 Å². The maximum absolute atomic E-state index is 15.9. The highest BCUT2D eigenvalue weighted by atomic mass is 19.1. The first kappa shape index (κ1) is 31.0. The predicted octanol–water partition coefficient (Wildman–Crippen LogP) is 4.93. The predicted molar refractivity (Wildman–Crippen MR) is 156 cm³/mol. The van der Waals surface area contributed by atoms with Gasteiger partial charge in [-0.1, -0.05) is 32.1 Å². The van der Waals surface area contributed by atoms with Crippen molar-refractivity contribution in [1.82, 2.24) is 25.2 Å². The fourth-order valence-corrected chi connectivity index (χ4v) is 4.58. The number of hydrogen-bond acceptors (Lipinski definition) is 6. The Hall–Kier alpha value is -4.54. The highest BCUT2D eigenvalue weighted by Crippen LogP contribution is 2.36. The molecule has 2 heterocycles. The third kappa shape index (κ3) is 6.79. The topological polar surface area (TPSA) is 104 Å². The number of aliphatic imine (C=N–C) groups is 1. The minimum Gasteiger partial charge on any atom is -0.357 e. The molecular weight excluding hydrogens is 528 g/mol. The summed E-state index contributed by atoms with van der Waals surface area (Å²) in [6, 6.07) is 6.64. The number of carbonyl (C=O) groups is 2. The molecule has 1 N–H and O–H groups in total. The van der Waals surface area contributed by atoms with Crippen LogP contribution in [0.5, 0.6) is 0 Å². The lowest BCUT2D eigenvalue weighted by Gasteiger charge is -2.34. The molecule has 11 heteroatoms. The van der Waals surface area contributed by atoms with Crippen molar-refractivity contribution in [3.63, 3.8) is 0 Å². The van der Waals surface area contributed by atoms with Crippen molar-refractivity contribution in [2.45, 2.75) is 46.1 Å². The van der Waals surface area contributed by atoms with Crippen molar-refractivity contribution in [3.05, 3.63) is 77.9 Å². The molecule has 0 aliphatic carbocycles. The Morgan fingerprint density at radius 3 is 2.49 bits per heavy atom. The van der Waals surface area contributed by atoms with E-state index in [9.17, 15) is 14.0 Å². The summed E-state index contributed by atoms with van der Waals surface area (Å²) in [7, 11) is 1.55. The molecule has 0 spiro atoms. The van der Waals surface area contributed by atoms with Crippen LogP contribution < -0.4 is 10.2 Å². The number of nitrogens with zero attached hydrogens (tertiary/aromatic N) is 6. The van der Waals surface area contributed by atoms with E-state index in [1.807, 2.05) is 25.7 Å². The Morgan fingerprint density at radius 2 is 1.88 bits per heavy atom. The molecule has 2 aromatic heterocycles. The smallest absolute Gasteiger partial charge is 0.220 e. The first-order valence-corrected chi connectivity index (χ1v) is 13.2. The molecule has 2 amide bonds. The quantitative estimate of drug-likeness (QED) is 0.137. The molecule has 0 bridgehead atoms. The van der Waals surface area contributed by atoms with E-state index in [1.165, 1.54) is 35.5 Å². The van der Waals surface area contributed by atoms with Gasteiger partial charge in [0.15, 0.2) is 5.82 Å². The zero-order valence-electron chi connectivity index (χ0n) is 23.9. The Balaban J connectivity index is 2.39. The van der Waals surface area contributed by atoms with Crippen LogP contribution in [-0.4, -0.2) is 64.7 Å². The van der Waals surface area contributed by atoms with E-state index in [0.717, 1.165) is 0 Å². The lowest BCUT2D eigenvalue weighted by atomic mass is 10.0. The Morgan fingerprint density at radius 1 is 1.15 bits per heavy atom. The zero-order chi connectivity index (χ0) is 30.1. The van der Waals surface area contributed by atoms with Gasteiger partial charge in [-0.3, -0.25) is 19.5 Å². The number of aryl methyl sites for hydroxylation is 1. The Kier molecular flexibility index (Phi) is 10.7. The number of aromatic nitrogens is 3. The van der Waals surface area contributed by atoms with Gasteiger partial charge >= 0.3 is 0 Å². The molecule has 1 unspecified atom stereocenters. The molecule has 3 rings (SSSR count). The average molecular weight is 564 g/mol. The summed E-state index contributed by atoms with van der Waals surface area (Å²) in [5.74, 6) is -1.21. The zero-order valence-corrected chi connectivity index (χ0v) is 23.9. The maximum atomic E-state index is 15.9. The van der Waals surface area contributed by atoms with Crippen molar-refractivity contribution in [2.75, 3.05) is 25.0 Å². The number of benzene rings is 1. The molecule has 0 saturated carbocycles. The molecule has 0 fully saturated rings. The van der Waals surface area contributed by atoms with Gasteiger partial charge in [0.2, 0.25) is 12.8 Å². The van der Waals surface area contributed by atoms with Crippen LogP contribution in [0.3, 0.4) is 0 Å². The number of anilines is 2. The van der Waals surface area contributed by atoms with Crippen LogP contribution in [-0.2, 0) is 9.59 Å². The second-order valence-corrected chi connectivity index (χ2v) is 9.69. The minimum absolute atomic E-state index is 0.0270. The number of rotatable bonds is 13. The van der Waals surface area contributed by atoms with Gasteiger partial charge in [0.05, 0.1) is 22.6 Å². The first-order valence-electron chi connectivity index (χ1n) is 13.2. The number of amidine groups is 1. The molecular formula is C30H35F2N7O2. The first-order chi connectivity index (χ1) is 19.7. The van der Waals surface area contributed by atoms with Crippen LogP contribution in [0, 0.1) is 18.6 Å². The van der Waals surface area contributed by atoms with E-state index < -0.39 is 11.6 Å². The molecule has 0 saturated heterocycles. The number of halogens is 2. The monoisotopic (exact) mass is 563 g/mol. The SMILES string of the molecule is C=CCCN(C(=NC)c1cc(F)c(-c2ccccc2F)nc1N(C=O)c1c(C)ncnc1C(C)C)C(C)CNC=O. The van der Waals surface area contributed by atoms with Crippen molar-refractivity contribution in [3.8, 4) is 11.3 Å². The van der Waals surface area contributed by atoms with Crippen LogP contribution in [0.4, 0.5) is 20.3 Å². The van der Waals surface area contributed by atoms with Gasteiger partial charge < -0.3 is 10.2 Å². The molecule has 41 heavy (non-hydrogen) atoms. The number of nitrogens with one attached hydrogen (secondary N) is 1. The standard InChI is InChI=1S/C30H35F2N7O2/c1-7-8-13-38(20(4)15-34-17-40)29(33-6)23-14-25(32)27(22-11-9-10-12-24(22)31)37-30(23)39(18-41)28-21(5)35-16-36-26(28)19(2)3/h7,9-12,14,16-20H,1,8,13,15H2,2-6H3,(H,34,40). The van der Waals surface area contributed by atoms with Gasteiger partial charge in [0.25, 0.3) is 0 Å². The fourth-order valence-electron chi connectivity index (χ4n) is 4.58. The van der Waals surface area contributed by atoms with Crippen LogP contribution in [0.2, 0.25) is 0 Å². The molecule has 0 aliphatic heterocycles. The third-order valence-corrected chi connectivity index (χ3v) is 6.57. The van der Waals surface area contributed by atoms with Crippen LogP contribution in [0.25, 0.3) is 11.3 Å². The molecule has 1 atom stereocenters. The van der Waals surface area contributed by atoms with Crippen molar-refractivity contribution in [1.29, 1.82) is 0 Å². The number of pyridine rings is 1. The van der Waals surface area contributed by atoms with Crippen molar-refractivity contribution in [2.24, 2.45) is 4.99 Å². The third-order valence-electron chi connectivity index (χ3n) is 6.57. The van der Waals surface area contributed by atoms with E-state index in [-0.39, 0.29) is 41.1 Å². The molecule has 0 aliphatic rings. The molecule has 0 radical (unpaired) electrons. The summed E-state index contributed by atoms with van der Waals surface area (Å²) in [5, 5.41) is 2.67. The number of hydrogen-bond donors (Lipinski definition) is 1. The summed E-state index contributed by atoms with van der Waals surface area (Å²) >= 11 is 0. The van der Waals surface area contributed by atoms with Gasteiger partial charge in [-0.25, -0.2) is 23.7 Å². The van der Waals surface area contributed by atoms with E-state index >= 15 is 4.39 Å². The summed E-state index contributed by atoms with van der Waals surface area (Å²) in [5.41, 5.74) is 1.34. The van der Waals surface area contributed by atoms with Crippen LogP contribution >= 0.6 is 0 Å². The maximum Gasteiger partial charge on any atom is 0.220 e. The normalized spacial score (nSPS) is 12.1. The summed E-state index contributed by atoms with van der Waals surface area (Å²) < 4.78 is 30.7. The largest absolute Gasteiger partial charge is 0.357 e.